The monoisotopic (exact) mass is 315 g/mol. The van der Waals surface area contributed by atoms with Crippen molar-refractivity contribution in [2.75, 3.05) is 13.1 Å². The standard InChI is InChI=1S/C15H23BrFN/c1-4-7-18-10-13(11(2)3)8-12-5-6-14(16)9-15(12)17/h5-6,9,11,13,18H,4,7-8,10H2,1-3H3. The lowest BCUT2D eigenvalue weighted by Gasteiger charge is -2.21. The molecule has 0 fully saturated rings. The Bertz CT molecular complexity index is 366. The van der Waals surface area contributed by atoms with Crippen LogP contribution in [0.25, 0.3) is 0 Å². The van der Waals surface area contributed by atoms with Gasteiger partial charge in [-0.1, -0.05) is 42.8 Å². The predicted molar refractivity (Wildman–Crippen MR) is 79.3 cm³/mol. The molecular weight excluding hydrogens is 293 g/mol. The number of hydrogen-bond donors (Lipinski definition) is 1. The molecule has 0 heterocycles. The average Bonchev–Trinajstić information content (AvgIpc) is 2.30. The minimum atomic E-state index is -0.106. The van der Waals surface area contributed by atoms with Gasteiger partial charge in [-0.15, -0.1) is 0 Å². The minimum absolute atomic E-state index is 0.106. The first-order chi connectivity index (χ1) is 8.54. The number of nitrogens with one attached hydrogen (secondary N) is 1. The third-order valence-electron chi connectivity index (χ3n) is 3.27. The van der Waals surface area contributed by atoms with E-state index in [2.05, 4.69) is 42.0 Å². The number of benzene rings is 1. The van der Waals surface area contributed by atoms with Gasteiger partial charge in [0.2, 0.25) is 0 Å². The van der Waals surface area contributed by atoms with E-state index < -0.39 is 0 Å². The number of hydrogen-bond acceptors (Lipinski definition) is 1. The van der Waals surface area contributed by atoms with Gasteiger partial charge >= 0.3 is 0 Å². The molecule has 0 saturated heterocycles. The molecule has 0 saturated carbocycles. The second-order valence-corrected chi connectivity index (χ2v) is 6.06. The van der Waals surface area contributed by atoms with Gasteiger partial charge in [0.25, 0.3) is 0 Å². The van der Waals surface area contributed by atoms with Crippen LogP contribution in [0.4, 0.5) is 4.39 Å². The Morgan fingerprint density at radius 2 is 2.06 bits per heavy atom. The van der Waals surface area contributed by atoms with Crippen LogP contribution in [0.3, 0.4) is 0 Å². The van der Waals surface area contributed by atoms with Crippen molar-refractivity contribution in [1.29, 1.82) is 0 Å². The van der Waals surface area contributed by atoms with Crippen LogP contribution in [-0.2, 0) is 6.42 Å². The van der Waals surface area contributed by atoms with Crippen LogP contribution in [0.2, 0.25) is 0 Å². The van der Waals surface area contributed by atoms with E-state index in [1.807, 2.05) is 12.1 Å². The van der Waals surface area contributed by atoms with Crippen LogP contribution in [-0.4, -0.2) is 13.1 Å². The summed E-state index contributed by atoms with van der Waals surface area (Å²) >= 11 is 3.29. The lowest BCUT2D eigenvalue weighted by molar-refractivity contribution is 0.357. The second-order valence-electron chi connectivity index (χ2n) is 5.15. The van der Waals surface area contributed by atoms with Crippen LogP contribution in [0.1, 0.15) is 32.8 Å². The first-order valence-corrected chi connectivity index (χ1v) is 7.48. The summed E-state index contributed by atoms with van der Waals surface area (Å²) in [6.45, 7) is 8.56. The van der Waals surface area contributed by atoms with E-state index in [4.69, 9.17) is 0 Å². The highest BCUT2D eigenvalue weighted by Gasteiger charge is 2.15. The van der Waals surface area contributed by atoms with Gasteiger partial charge in [0.05, 0.1) is 0 Å². The molecule has 1 aromatic carbocycles. The smallest absolute Gasteiger partial charge is 0.127 e. The molecule has 0 aliphatic rings. The molecule has 18 heavy (non-hydrogen) atoms. The average molecular weight is 316 g/mol. The van der Waals surface area contributed by atoms with Crippen molar-refractivity contribution in [3.63, 3.8) is 0 Å². The van der Waals surface area contributed by atoms with Crippen molar-refractivity contribution in [2.45, 2.75) is 33.6 Å². The molecule has 3 heteroatoms. The lowest BCUT2D eigenvalue weighted by atomic mass is 9.89. The Balaban J connectivity index is 2.64. The molecule has 0 radical (unpaired) electrons. The van der Waals surface area contributed by atoms with Gasteiger partial charge in [-0.25, -0.2) is 4.39 Å². The first kappa shape index (κ1) is 15.6. The number of rotatable bonds is 7. The molecule has 102 valence electrons. The fourth-order valence-corrected chi connectivity index (χ4v) is 2.31. The Morgan fingerprint density at radius 3 is 2.61 bits per heavy atom. The van der Waals surface area contributed by atoms with E-state index in [9.17, 15) is 4.39 Å². The molecular formula is C15H23BrFN. The quantitative estimate of drug-likeness (QED) is 0.735. The second kappa shape index (κ2) is 7.90. The zero-order valence-electron chi connectivity index (χ0n) is 11.5. The number of halogens is 2. The Labute approximate surface area is 118 Å². The van der Waals surface area contributed by atoms with Crippen molar-refractivity contribution < 1.29 is 4.39 Å². The van der Waals surface area contributed by atoms with E-state index >= 15 is 0 Å². The highest BCUT2D eigenvalue weighted by Crippen LogP contribution is 2.21. The van der Waals surface area contributed by atoms with E-state index in [-0.39, 0.29) is 5.82 Å². The summed E-state index contributed by atoms with van der Waals surface area (Å²) in [6, 6.07) is 5.34. The van der Waals surface area contributed by atoms with Gasteiger partial charge in [-0.05, 0) is 55.5 Å². The van der Waals surface area contributed by atoms with Gasteiger partial charge in [0, 0.05) is 4.47 Å². The third kappa shape index (κ3) is 5.07. The van der Waals surface area contributed by atoms with E-state index in [1.54, 1.807) is 6.07 Å². The molecule has 1 rings (SSSR count). The minimum Gasteiger partial charge on any atom is -0.316 e. The highest BCUT2D eigenvalue weighted by molar-refractivity contribution is 9.10. The Morgan fingerprint density at radius 1 is 1.33 bits per heavy atom. The molecule has 1 nitrogen and oxygen atoms in total. The molecule has 0 aliphatic carbocycles. The molecule has 0 amide bonds. The maximum Gasteiger partial charge on any atom is 0.127 e. The maximum absolute atomic E-state index is 13.8. The molecule has 0 bridgehead atoms. The van der Waals surface area contributed by atoms with Gasteiger partial charge in [-0.3, -0.25) is 0 Å². The fourth-order valence-electron chi connectivity index (χ4n) is 1.98. The van der Waals surface area contributed by atoms with Crippen LogP contribution < -0.4 is 5.32 Å². The predicted octanol–water partition coefficient (Wildman–Crippen LogP) is 4.40. The van der Waals surface area contributed by atoms with Crippen LogP contribution in [0, 0.1) is 17.7 Å². The SMILES string of the molecule is CCCNCC(Cc1ccc(Br)cc1F)C(C)C. The van der Waals surface area contributed by atoms with Crippen molar-refractivity contribution in [2.24, 2.45) is 11.8 Å². The largest absolute Gasteiger partial charge is 0.316 e. The fraction of sp³-hybridized carbons (Fsp3) is 0.600. The van der Waals surface area contributed by atoms with Gasteiger partial charge in [0.15, 0.2) is 0 Å². The van der Waals surface area contributed by atoms with Crippen molar-refractivity contribution >= 4 is 15.9 Å². The van der Waals surface area contributed by atoms with Crippen molar-refractivity contribution in [3.8, 4) is 0 Å². The van der Waals surface area contributed by atoms with Gasteiger partial charge < -0.3 is 5.32 Å². The third-order valence-corrected chi connectivity index (χ3v) is 3.77. The zero-order valence-corrected chi connectivity index (χ0v) is 13.1. The Kier molecular flexibility index (Phi) is 6.87. The molecule has 1 N–H and O–H groups in total. The van der Waals surface area contributed by atoms with E-state index in [0.29, 0.717) is 11.8 Å². The summed E-state index contributed by atoms with van der Waals surface area (Å²) in [7, 11) is 0. The van der Waals surface area contributed by atoms with Gasteiger partial charge in [-0.2, -0.15) is 0 Å². The molecule has 0 spiro atoms. The highest BCUT2D eigenvalue weighted by atomic mass is 79.9. The first-order valence-electron chi connectivity index (χ1n) is 6.69. The van der Waals surface area contributed by atoms with Crippen LogP contribution >= 0.6 is 15.9 Å². The van der Waals surface area contributed by atoms with Crippen LogP contribution in [0.15, 0.2) is 22.7 Å². The Hall–Kier alpha value is -0.410. The van der Waals surface area contributed by atoms with E-state index in [0.717, 1.165) is 36.0 Å². The molecule has 1 aromatic rings. The summed E-state index contributed by atoms with van der Waals surface area (Å²) in [5.41, 5.74) is 0.815. The molecule has 1 unspecified atom stereocenters. The van der Waals surface area contributed by atoms with Crippen molar-refractivity contribution in [1.82, 2.24) is 5.32 Å². The zero-order chi connectivity index (χ0) is 13.5. The summed E-state index contributed by atoms with van der Waals surface area (Å²) in [6.07, 6.45) is 1.94. The summed E-state index contributed by atoms with van der Waals surface area (Å²) in [5, 5.41) is 3.44. The van der Waals surface area contributed by atoms with Crippen molar-refractivity contribution in [3.05, 3.63) is 34.1 Å². The summed E-state index contributed by atoms with van der Waals surface area (Å²) in [4.78, 5) is 0. The molecule has 0 aromatic heterocycles. The van der Waals surface area contributed by atoms with Gasteiger partial charge in [0.1, 0.15) is 5.82 Å². The van der Waals surface area contributed by atoms with Crippen LogP contribution in [0.5, 0.6) is 0 Å². The topological polar surface area (TPSA) is 12.0 Å². The molecule has 1 atom stereocenters. The molecule has 0 aliphatic heterocycles. The lowest BCUT2D eigenvalue weighted by Crippen LogP contribution is -2.28. The van der Waals surface area contributed by atoms with E-state index in [1.165, 1.54) is 0 Å². The normalized spacial score (nSPS) is 13.0. The maximum atomic E-state index is 13.8. The summed E-state index contributed by atoms with van der Waals surface area (Å²) in [5.74, 6) is 0.926. The summed E-state index contributed by atoms with van der Waals surface area (Å²) < 4.78 is 14.6.